The van der Waals surface area contributed by atoms with Gasteiger partial charge in [0.05, 0.1) is 11.9 Å². The number of rotatable bonds is 2. The van der Waals surface area contributed by atoms with Crippen molar-refractivity contribution in [2.45, 2.75) is 6.92 Å². The highest BCUT2D eigenvalue weighted by Gasteiger charge is 2.13. The van der Waals surface area contributed by atoms with E-state index in [-0.39, 0.29) is 11.4 Å². The molecule has 0 spiro atoms. The van der Waals surface area contributed by atoms with E-state index in [0.29, 0.717) is 11.3 Å². The zero-order valence-electron chi connectivity index (χ0n) is 10.6. The van der Waals surface area contributed by atoms with Gasteiger partial charge in [0.15, 0.2) is 11.3 Å². The number of hydrogen-bond donors (Lipinski definition) is 3. The monoisotopic (exact) mass is 269 g/mol. The molecule has 0 fully saturated rings. The summed E-state index contributed by atoms with van der Waals surface area (Å²) in [6.45, 7) is 1.87. The molecule has 7 heteroatoms. The van der Waals surface area contributed by atoms with Crippen LogP contribution in [0.25, 0.3) is 11.0 Å². The Labute approximate surface area is 113 Å². The maximum Gasteiger partial charge on any atom is 0.278 e. The van der Waals surface area contributed by atoms with E-state index < -0.39 is 5.91 Å². The van der Waals surface area contributed by atoms with Crippen molar-refractivity contribution >= 4 is 22.6 Å². The Morgan fingerprint density at radius 3 is 3.05 bits per heavy atom. The van der Waals surface area contributed by atoms with Crippen LogP contribution in [0, 0.1) is 6.92 Å². The highest BCUT2D eigenvalue weighted by molar-refractivity contribution is 6.05. The molecular weight excluding hydrogens is 258 g/mol. The first-order valence-corrected chi connectivity index (χ1v) is 5.91. The molecule has 0 bridgehead atoms. The molecule has 100 valence electrons. The van der Waals surface area contributed by atoms with Crippen LogP contribution in [0.15, 0.2) is 30.6 Å². The zero-order chi connectivity index (χ0) is 14.1. The minimum Gasteiger partial charge on any atom is -0.505 e. The number of anilines is 1. The fourth-order valence-electron chi connectivity index (χ4n) is 1.85. The van der Waals surface area contributed by atoms with Gasteiger partial charge in [-0.05, 0) is 25.1 Å². The maximum atomic E-state index is 12.0. The summed E-state index contributed by atoms with van der Waals surface area (Å²) >= 11 is 0. The predicted molar refractivity (Wildman–Crippen MR) is 72.5 cm³/mol. The molecule has 0 saturated carbocycles. The Kier molecular flexibility index (Phi) is 2.79. The average molecular weight is 269 g/mol. The van der Waals surface area contributed by atoms with Crippen molar-refractivity contribution in [3.63, 3.8) is 0 Å². The average Bonchev–Trinajstić information content (AvgIpc) is 2.81. The van der Waals surface area contributed by atoms with Gasteiger partial charge in [0, 0.05) is 17.3 Å². The lowest BCUT2D eigenvalue weighted by Gasteiger charge is -2.05. The molecule has 3 heterocycles. The van der Waals surface area contributed by atoms with E-state index in [9.17, 15) is 9.90 Å². The highest BCUT2D eigenvalue weighted by Crippen LogP contribution is 2.19. The first kappa shape index (κ1) is 12.1. The highest BCUT2D eigenvalue weighted by atomic mass is 16.3. The number of fused-ring (bicyclic) bond motifs is 1. The van der Waals surface area contributed by atoms with Crippen molar-refractivity contribution in [2.75, 3.05) is 5.32 Å². The van der Waals surface area contributed by atoms with Crippen LogP contribution in [0.5, 0.6) is 5.75 Å². The van der Waals surface area contributed by atoms with Crippen molar-refractivity contribution in [1.29, 1.82) is 0 Å². The van der Waals surface area contributed by atoms with Crippen LogP contribution in [-0.2, 0) is 0 Å². The topological polar surface area (TPSA) is 104 Å². The van der Waals surface area contributed by atoms with Crippen LogP contribution in [0.3, 0.4) is 0 Å². The van der Waals surface area contributed by atoms with E-state index in [1.807, 2.05) is 6.92 Å². The third-order valence-electron chi connectivity index (χ3n) is 2.86. The van der Waals surface area contributed by atoms with Crippen LogP contribution < -0.4 is 5.32 Å². The van der Waals surface area contributed by atoms with Crippen LogP contribution in [0.4, 0.5) is 5.69 Å². The minimum atomic E-state index is -0.495. The summed E-state index contributed by atoms with van der Waals surface area (Å²) in [5, 5.41) is 19.9. The quantitative estimate of drug-likeness (QED) is 0.655. The second-order valence-electron chi connectivity index (χ2n) is 4.27. The fraction of sp³-hybridized carbons (Fsp3) is 0.0769. The van der Waals surface area contributed by atoms with Gasteiger partial charge in [0.25, 0.3) is 5.91 Å². The van der Waals surface area contributed by atoms with Crippen molar-refractivity contribution < 1.29 is 9.90 Å². The van der Waals surface area contributed by atoms with E-state index in [2.05, 4.69) is 25.5 Å². The Balaban J connectivity index is 1.91. The molecule has 0 unspecified atom stereocenters. The number of pyridine rings is 2. The van der Waals surface area contributed by atoms with Gasteiger partial charge in [0.2, 0.25) is 0 Å². The Morgan fingerprint density at radius 1 is 1.40 bits per heavy atom. The third-order valence-corrected chi connectivity index (χ3v) is 2.86. The van der Waals surface area contributed by atoms with Gasteiger partial charge in [-0.3, -0.25) is 9.89 Å². The fourth-order valence-corrected chi connectivity index (χ4v) is 1.85. The molecule has 3 rings (SSSR count). The number of H-pyrrole nitrogens is 1. The van der Waals surface area contributed by atoms with Crippen molar-refractivity contribution in [1.82, 2.24) is 20.2 Å². The number of aryl methyl sites for hydroxylation is 1. The molecule has 20 heavy (non-hydrogen) atoms. The largest absolute Gasteiger partial charge is 0.505 e. The lowest BCUT2D eigenvalue weighted by atomic mass is 10.2. The molecule has 7 nitrogen and oxygen atoms in total. The first-order valence-electron chi connectivity index (χ1n) is 5.91. The predicted octanol–water partition coefficient (Wildman–Crippen LogP) is 1.62. The molecular formula is C13H11N5O2. The van der Waals surface area contributed by atoms with E-state index in [0.717, 1.165) is 11.1 Å². The molecule has 0 atom stereocenters. The second kappa shape index (κ2) is 4.61. The number of hydrogen-bond acceptors (Lipinski definition) is 5. The summed E-state index contributed by atoms with van der Waals surface area (Å²) in [4.78, 5) is 20.0. The Hall–Kier alpha value is -2.96. The van der Waals surface area contributed by atoms with Gasteiger partial charge >= 0.3 is 0 Å². The zero-order valence-corrected chi connectivity index (χ0v) is 10.6. The lowest BCUT2D eigenvalue weighted by Crippen LogP contribution is -2.13. The van der Waals surface area contributed by atoms with Crippen LogP contribution >= 0.6 is 0 Å². The summed E-state index contributed by atoms with van der Waals surface area (Å²) in [6.07, 6.45) is 2.94. The number of amides is 1. The Bertz CT molecular complexity index is 796. The summed E-state index contributed by atoms with van der Waals surface area (Å²) < 4.78 is 0. The molecule has 0 radical (unpaired) electrons. The van der Waals surface area contributed by atoms with Crippen molar-refractivity contribution in [2.24, 2.45) is 0 Å². The van der Waals surface area contributed by atoms with Gasteiger partial charge in [-0.2, -0.15) is 5.10 Å². The molecule has 3 N–H and O–H groups in total. The molecule has 3 aromatic heterocycles. The van der Waals surface area contributed by atoms with Gasteiger partial charge < -0.3 is 10.4 Å². The lowest BCUT2D eigenvalue weighted by molar-refractivity contribution is 0.101. The van der Waals surface area contributed by atoms with Gasteiger partial charge in [-0.25, -0.2) is 9.97 Å². The van der Waals surface area contributed by atoms with Crippen molar-refractivity contribution in [3.05, 3.63) is 42.0 Å². The molecule has 3 aromatic rings. The molecule has 0 aliphatic carbocycles. The number of aromatic nitrogens is 4. The van der Waals surface area contributed by atoms with Gasteiger partial charge in [0.1, 0.15) is 5.75 Å². The van der Waals surface area contributed by atoms with E-state index in [1.165, 1.54) is 18.5 Å². The second-order valence-corrected chi connectivity index (χ2v) is 4.27. The normalized spacial score (nSPS) is 10.7. The smallest absolute Gasteiger partial charge is 0.278 e. The molecule has 1 amide bonds. The van der Waals surface area contributed by atoms with Crippen molar-refractivity contribution in [3.8, 4) is 5.75 Å². The summed E-state index contributed by atoms with van der Waals surface area (Å²) in [7, 11) is 0. The molecule has 0 aromatic carbocycles. The number of nitrogens with one attached hydrogen (secondary N) is 2. The summed E-state index contributed by atoms with van der Waals surface area (Å²) in [5.41, 5.74) is 1.93. The maximum absolute atomic E-state index is 12.0. The molecule has 0 aliphatic rings. The Morgan fingerprint density at radius 2 is 2.25 bits per heavy atom. The van der Waals surface area contributed by atoms with Crippen LogP contribution in [0.2, 0.25) is 0 Å². The molecule has 0 saturated heterocycles. The number of carbonyl (C=O) groups excluding carboxylic acids is 1. The number of nitrogens with zero attached hydrogens (tertiary/aromatic N) is 3. The standard InChI is InChI=1S/C13H11N5O2/c1-7-9-5-8(6-15-12(9)18-17-7)16-13(20)11-10(19)3-2-4-14-11/h2-6,19H,1H3,(H,16,20)(H,15,17,18). The third kappa shape index (κ3) is 2.05. The van der Waals surface area contributed by atoms with E-state index in [4.69, 9.17) is 0 Å². The SMILES string of the molecule is Cc1[nH]nc2ncc(NC(=O)c3ncccc3O)cc12. The van der Waals surface area contributed by atoms with Gasteiger partial charge in [-0.1, -0.05) is 0 Å². The van der Waals surface area contributed by atoms with E-state index >= 15 is 0 Å². The van der Waals surface area contributed by atoms with Crippen LogP contribution in [0.1, 0.15) is 16.2 Å². The van der Waals surface area contributed by atoms with E-state index in [1.54, 1.807) is 12.1 Å². The number of aromatic amines is 1. The first-order chi connectivity index (χ1) is 9.65. The summed E-state index contributed by atoms with van der Waals surface area (Å²) in [6, 6.07) is 4.72. The van der Waals surface area contributed by atoms with Gasteiger partial charge in [-0.15, -0.1) is 0 Å². The molecule has 0 aliphatic heterocycles. The minimum absolute atomic E-state index is 0.0310. The number of aromatic hydroxyl groups is 1. The van der Waals surface area contributed by atoms with Crippen LogP contribution in [-0.4, -0.2) is 31.2 Å². The summed E-state index contributed by atoms with van der Waals surface area (Å²) in [5.74, 6) is -0.663. The number of carbonyl (C=O) groups is 1.